The number of allylic oxidation sites excluding steroid dienone is 3. The predicted molar refractivity (Wildman–Crippen MR) is 155 cm³/mol. The lowest BCUT2D eigenvalue weighted by atomic mass is 10.1. The third-order valence-electron chi connectivity index (χ3n) is 6.58. The molecule has 2 aliphatic rings. The molecule has 1 N–H and O–H groups in total. The van der Waals surface area contributed by atoms with Crippen LogP contribution in [0.15, 0.2) is 84.4 Å². The highest BCUT2D eigenvalue weighted by Gasteiger charge is 2.14. The second-order valence-corrected chi connectivity index (χ2v) is 9.74. The molecule has 4 rings (SSSR count). The van der Waals surface area contributed by atoms with Gasteiger partial charge in [-0.15, -0.1) is 0 Å². The number of nitrogens with one attached hydrogen (secondary N) is 1. The van der Waals surface area contributed by atoms with E-state index in [1.54, 1.807) is 6.20 Å². The first-order valence-corrected chi connectivity index (χ1v) is 13.6. The van der Waals surface area contributed by atoms with E-state index >= 15 is 0 Å². The van der Waals surface area contributed by atoms with Gasteiger partial charge < -0.3 is 14.8 Å². The van der Waals surface area contributed by atoms with Crippen molar-refractivity contribution in [2.45, 2.75) is 26.2 Å². The fraction of sp³-hybridized carbons (Fsp3) is 0.387. The minimum atomic E-state index is 0.303. The third-order valence-corrected chi connectivity index (χ3v) is 6.58. The fourth-order valence-corrected chi connectivity index (χ4v) is 4.52. The number of benzene rings is 1. The van der Waals surface area contributed by atoms with Gasteiger partial charge in [-0.1, -0.05) is 30.9 Å². The SMILES string of the molecule is C=C1CN(CC#N)C/C=C/CCOc2cccc(c2)-c2ccnc(n2)N/C(C)=C/C=C\1OCCN1CCCC1. The van der Waals surface area contributed by atoms with Crippen molar-refractivity contribution in [3.63, 3.8) is 0 Å². The molecule has 2 aromatic rings. The van der Waals surface area contributed by atoms with Gasteiger partial charge in [-0.3, -0.25) is 9.80 Å². The van der Waals surface area contributed by atoms with E-state index in [-0.39, 0.29) is 0 Å². The summed E-state index contributed by atoms with van der Waals surface area (Å²) in [5.41, 5.74) is 3.47. The van der Waals surface area contributed by atoms with Gasteiger partial charge in [0.05, 0.1) is 24.9 Å². The van der Waals surface area contributed by atoms with Crippen LogP contribution in [-0.2, 0) is 4.74 Å². The molecule has 8 nitrogen and oxygen atoms in total. The Morgan fingerprint density at radius 3 is 2.87 bits per heavy atom. The molecule has 204 valence electrons. The van der Waals surface area contributed by atoms with Crippen molar-refractivity contribution in [1.29, 1.82) is 5.26 Å². The molecule has 0 aliphatic carbocycles. The topological polar surface area (TPSA) is 86.5 Å². The van der Waals surface area contributed by atoms with E-state index in [0.29, 0.717) is 38.8 Å². The van der Waals surface area contributed by atoms with Crippen molar-refractivity contribution in [1.82, 2.24) is 19.8 Å². The van der Waals surface area contributed by atoms with Crippen LogP contribution in [0.4, 0.5) is 5.95 Å². The number of rotatable bonds is 5. The van der Waals surface area contributed by atoms with E-state index in [9.17, 15) is 5.26 Å². The Kier molecular flexibility index (Phi) is 10.7. The summed E-state index contributed by atoms with van der Waals surface area (Å²) in [7, 11) is 0. The van der Waals surface area contributed by atoms with Crippen molar-refractivity contribution < 1.29 is 9.47 Å². The molecule has 39 heavy (non-hydrogen) atoms. The van der Waals surface area contributed by atoms with E-state index in [1.807, 2.05) is 54.3 Å². The van der Waals surface area contributed by atoms with Gasteiger partial charge in [-0.2, -0.15) is 5.26 Å². The Morgan fingerprint density at radius 1 is 1.15 bits per heavy atom. The second kappa shape index (κ2) is 14.9. The summed E-state index contributed by atoms with van der Waals surface area (Å²) in [6, 6.07) is 12.1. The number of nitriles is 1. The lowest BCUT2D eigenvalue weighted by Gasteiger charge is -2.22. The molecule has 1 aromatic heterocycles. The van der Waals surface area contributed by atoms with E-state index in [4.69, 9.17) is 14.5 Å². The average Bonchev–Trinajstić information content (AvgIpc) is 3.46. The van der Waals surface area contributed by atoms with Crippen LogP contribution in [0.1, 0.15) is 26.2 Å². The van der Waals surface area contributed by atoms with Crippen molar-refractivity contribution in [3.05, 3.63) is 84.4 Å². The Hall–Kier alpha value is -3.93. The lowest BCUT2D eigenvalue weighted by Crippen LogP contribution is -2.28. The molecule has 0 spiro atoms. The summed E-state index contributed by atoms with van der Waals surface area (Å²) < 4.78 is 12.2. The molecule has 1 saturated heterocycles. The number of anilines is 1. The second-order valence-electron chi connectivity index (χ2n) is 9.74. The Balaban J connectivity index is 1.57. The molecule has 2 aliphatic heterocycles. The number of fused-ring (bicyclic) bond motifs is 5. The Morgan fingerprint density at radius 2 is 2.03 bits per heavy atom. The zero-order chi connectivity index (χ0) is 27.3. The van der Waals surface area contributed by atoms with Crippen LogP contribution < -0.4 is 10.1 Å². The van der Waals surface area contributed by atoms with Crippen LogP contribution in [0.5, 0.6) is 5.75 Å². The zero-order valence-corrected chi connectivity index (χ0v) is 22.8. The molecule has 0 radical (unpaired) electrons. The average molecular weight is 527 g/mol. The highest BCUT2D eigenvalue weighted by molar-refractivity contribution is 5.62. The largest absolute Gasteiger partial charge is 0.493 e. The van der Waals surface area contributed by atoms with Gasteiger partial charge in [0.1, 0.15) is 18.1 Å². The van der Waals surface area contributed by atoms with Crippen LogP contribution >= 0.6 is 0 Å². The lowest BCUT2D eigenvalue weighted by molar-refractivity contribution is 0.174. The first kappa shape index (κ1) is 28.1. The van der Waals surface area contributed by atoms with E-state index in [1.165, 1.54) is 12.8 Å². The van der Waals surface area contributed by atoms with Crippen molar-refractivity contribution in [2.24, 2.45) is 0 Å². The molecular formula is C31H38N6O2. The molecule has 0 saturated carbocycles. The van der Waals surface area contributed by atoms with Gasteiger partial charge in [0, 0.05) is 42.7 Å². The van der Waals surface area contributed by atoms with E-state index < -0.39 is 0 Å². The molecule has 1 aromatic carbocycles. The summed E-state index contributed by atoms with van der Waals surface area (Å²) >= 11 is 0. The summed E-state index contributed by atoms with van der Waals surface area (Å²) in [4.78, 5) is 13.6. The maximum absolute atomic E-state index is 9.39. The van der Waals surface area contributed by atoms with Crippen molar-refractivity contribution in [3.8, 4) is 23.1 Å². The molecule has 0 amide bonds. The maximum Gasteiger partial charge on any atom is 0.227 e. The first-order chi connectivity index (χ1) is 19.1. The van der Waals surface area contributed by atoms with Gasteiger partial charge >= 0.3 is 0 Å². The summed E-state index contributed by atoms with van der Waals surface area (Å²) in [6.07, 6.45) is 13.1. The van der Waals surface area contributed by atoms with Crippen LogP contribution in [0.2, 0.25) is 0 Å². The molecule has 1 fully saturated rings. The quantitative estimate of drug-likeness (QED) is 0.422. The van der Waals surface area contributed by atoms with Gasteiger partial charge in [-0.05, 0) is 69.6 Å². The number of likely N-dealkylation sites (tertiary alicyclic amines) is 1. The number of hydrogen-bond donors (Lipinski definition) is 1. The third kappa shape index (κ3) is 9.10. The molecular weight excluding hydrogens is 488 g/mol. The van der Waals surface area contributed by atoms with Gasteiger partial charge in [0.25, 0.3) is 0 Å². The van der Waals surface area contributed by atoms with Crippen molar-refractivity contribution in [2.75, 3.05) is 57.8 Å². The fourth-order valence-electron chi connectivity index (χ4n) is 4.52. The Bertz CT molecular complexity index is 1240. The number of nitrogens with zero attached hydrogens (tertiary/aromatic N) is 5. The monoisotopic (exact) mass is 526 g/mol. The van der Waals surface area contributed by atoms with Gasteiger partial charge in [0.15, 0.2) is 0 Å². The summed E-state index contributed by atoms with van der Waals surface area (Å²) in [5.74, 6) is 2.02. The standard InChI is InChI=1S/C31H38N6O2/c1-25-24-37(19-14-32)18-4-3-7-21-38-28-10-8-9-27(23-28)29-13-15-33-31(35-29)34-26(2)11-12-30(25)39-22-20-36-16-5-6-17-36/h3-4,8-13,15,23H,1,5-7,16-22,24H2,2H3,(H,33,34,35)/b4-3+,26-11+,30-12+. The van der Waals surface area contributed by atoms with Crippen LogP contribution in [-0.4, -0.2) is 72.3 Å². The number of ether oxygens (including phenoxy) is 2. The van der Waals surface area contributed by atoms with E-state index in [0.717, 1.165) is 60.1 Å². The minimum Gasteiger partial charge on any atom is -0.493 e. The Labute approximate surface area is 232 Å². The molecule has 0 unspecified atom stereocenters. The highest BCUT2D eigenvalue weighted by atomic mass is 16.5. The van der Waals surface area contributed by atoms with Crippen molar-refractivity contribution >= 4 is 5.95 Å². The molecule has 0 atom stereocenters. The summed E-state index contributed by atoms with van der Waals surface area (Å²) in [6.45, 7) is 12.0. The number of hydrogen-bond acceptors (Lipinski definition) is 8. The molecule has 3 heterocycles. The highest BCUT2D eigenvalue weighted by Crippen LogP contribution is 2.23. The van der Waals surface area contributed by atoms with Gasteiger partial charge in [-0.25, -0.2) is 9.97 Å². The predicted octanol–water partition coefficient (Wildman–Crippen LogP) is 5.18. The first-order valence-electron chi connectivity index (χ1n) is 13.6. The normalized spacial score (nSPS) is 21.3. The van der Waals surface area contributed by atoms with E-state index in [2.05, 4.69) is 40.0 Å². The molecule has 4 bridgehead atoms. The smallest absolute Gasteiger partial charge is 0.227 e. The molecule has 8 heteroatoms. The van der Waals surface area contributed by atoms with Crippen LogP contribution in [0, 0.1) is 11.3 Å². The summed E-state index contributed by atoms with van der Waals surface area (Å²) in [5, 5.41) is 12.7. The van der Waals surface area contributed by atoms with Crippen LogP contribution in [0.25, 0.3) is 11.3 Å². The maximum atomic E-state index is 9.39. The van der Waals surface area contributed by atoms with Gasteiger partial charge in [0.2, 0.25) is 5.95 Å². The number of aromatic nitrogens is 2. The zero-order valence-electron chi connectivity index (χ0n) is 22.8. The minimum absolute atomic E-state index is 0.303. The van der Waals surface area contributed by atoms with Crippen LogP contribution in [0.3, 0.4) is 0 Å².